The number of nitrogens with zero attached hydrogens (tertiary/aromatic N) is 1. The molecule has 3 aromatic carbocycles. The second-order valence-electron chi connectivity index (χ2n) is 8.81. The van der Waals surface area contributed by atoms with Gasteiger partial charge in [0.2, 0.25) is 0 Å². The lowest BCUT2D eigenvalue weighted by Gasteiger charge is -2.47. The van der Waals surface area contributed by atoms with Gasteiger partial charge in [-0.2, -0.15) is 0 Å². The largest absolute Gasteiger partial charge is 0.480 e. The van der Waals surface area contributed by atoms with Crippen LogP contribution in [0.4, 0.5) is 4.39 Å². The van der Waals surface area contributed by atoms with Crippen molar-refractivity contribution in [1.29, 1.82) is 0 Å². The summed E-state index contributed by atoms with van der Waals surface area (Å²) in [6.07, 6.45) is -0.523. The number of hydrogen-bond donors (Lipinski definition) is 1. The van der Waals surface area contributed by atoms with Gasteiger partial charge in [0.15, 0.2) is 0 Å². The van der Waals surface area contributed by atoms with Gasteiger partial charge in [-0.3, -0.25) is 4.79 Å². The van der Waals surface area contributed by atoms with Gasteiger partial charge in [0.25, 0.3) is 5.91 Å². The minimum absolute atomic E-state index is 0.186. The molecule has 1 heterocycles. The molecule has 1 aliphatic heterocycles. The highest BCUT2D eigenvalue weighted by Gasteiger charge is 2.48. The second kappa shape index (κ2) is 11.5. The molecule has 0 spiro atoms. The number of rotatable bonds is 8. The average molecular weight is 575 g/mol. The van der Waals surface area contributed by atoms with Crippen LogP contribution in [-0.4, -0.2) is 34.0 Å². The van der Waals surface area contributed by atoms with Crippen molar-refractivity contribution in [3.8, 4) is 0 Å². The Kier molecular flexibility index (Phi) is 8.44. The van der Waals surface area contributed by atoms with Gasteiger partial charge in [-0.05, 0) is 59.5 Å². The van der Waals surface area contributed by atoms with Crippen molar-refractivity contribution in [2.24, 2.45) is 0 Å². The molecule has 3 aromatic rings. The molecule has 1 aliphatic rings. The zero-order valence-electron chi connectivity index (χ0n) is 19.6. The van der Waals surface area contributed by atoms with E-state index >= 15 is 0 Å². The van der Waals surface area contributed by atoms with Gasteiger partial charge in [-0.15, -0.1) is 0 Å². The molecule has 0 saturated carbocycles. The number of carbonyl (C=O) groups is 2. The van der Waals surface area contributed by atoms with Crippen LogP contribution in [0.3, 0.4) is 0 Å². The lowest BCUT2D eigenvalue weighted by molar-refractivity contribution is -0.184. The molecule has 0 radical (unpaired) electrons. The van der Waals surface area contributed by atoms with Crippen molar-refractivity contribution in [2.45, 2.75) is 50.5 Å². The Labute approximate surface area is 223 Å². The Balaban J connectivity index is 1.84. The first-order valence-corrected chi connectivity index (χ1v) is 12.9. The highest BCUT2D eigenvalue weighted by atomic mass is 79.9. The van der Waals surface area contributed by atoms with E-state index in [1.807, 2.05) is 43.3 Å². The predicted octanol–water partition coefficient (Wildman–Crippen LogP) is 6.75. The molecule has 1 saturated heterocycles. The Bertz CT molecular complexity index is 1200. The minimum Gasteiger partial charge on any atom is -0.480 e. The number of carboxylic acids is 1. The number of ether oxygens (including phenoxy) is 1. The normalized spacial score (nSPS) is 20.8. The molecule has 5 nitrogen and oxygen atoms in total. The number of carbonyl (C=O) groups excluding carboxylic acids is 1. The van der Waals surface area contributed by atoms with Gasteiger partial charge in [-0.1, -0.05) is 77.3 Å². The fraction of sp³-hybridized carbons (Fsp3) is 0.286. The van der Waals surface area contributed by atoms with Crippen LogP contribution in [0.2, 0.25) is 5.02 Å². The number of amides is 1. The number of benzene rings is 3. The standard InChI is InChI=1S/C28H26BrClFNO4/c1-2-3-23(28(34)35)32-25(18-6-10-20(29)11-7-18)26(19-8-12-21(30)13-9-19)36-24(27(32)33)16-17-4-14-22(31)15-5-17/h4-15,23-26H,2-3,16H2,1H3,(H,34,35)/t23-,24+,25-,26+/m1/s1. The van der Waals surface area contributed by atoms with Crippen LogP contribution in [0.25, 0.3) is 0 Å². The first-order chi connectivity index (χ1) is 17.3. The lowest BCUT2D eigenvalue weighted by Crippen LogP contribution is -2.57. The summed E-state index contributed by atoms with van der Waals surface area (Å²) >= 11 is 9.58. The van der Waals surface area contributed by atoms with Crippen LogP contribution in [0.15, 0.2) is 77.3 Å². The summed E-state index contributed by atoms with van der Waals surface area (Å²) in [5.74, 6) is -1.84. The number of halogens is 3. The maximum atomic E-state index is 13.9. The smallest absolute Gasteiger partial charge is 0.326 e. The summed E-state index contributed by atoms with van der Waals surface area (Å²) in [6, 6.07) is 18.8. The van der Waals surface area contributed by atoms with E-state index in [4.69, 9.17) is 16.3 Å². The summed E-state index contributed by atoms with van der Waals surface area (Å²) in [7, 11) is 0. The average Bonchev–Trinajstić information content (AvgIpc) is 2.86. The molecule has 1 fully saturated rings. The van der Waals surface area contributed by atoms with Crippen molar-refractivity contribution in [3.63, 3.8) is 0 Å². The maximum absolute atomic E-state index is 13.9. The van der Waals surface area contributed by atoms with Crippen molar-refractivity contribution < 1.29 is 23.8 Å². The molecule has 1 amide bonds. The SMILES string of the molecule is CCC[C@H](C(=O)O)N1C(=O)[C@H](Cc2ccc(F)cc2)O[C@@H](c2ccc(Cl)cc2)[C@H]1c1ccc(Br)cc1. The molecule has 0 aliphatic carbocycles. The third-order valence-corrected chi connectivity index (χ3v) is 7.14. The van der Waals surface area contributed by atoms with E-state index in [1.54, 1.807) is 24.3 Å². The van der Waals surface area contributed by atoms with Crippen LogP contribution in [0, 0.1) is 5.82 Å². The zero-order chi connectivity index (χ0) is 25.8. The van der Waals surface area contributed by atoms with Gasteiger partial charge in [0.05, 0.1) is 6.04 Å². The van der Waals surface area contributed by atoms with Gasteiger partial charge in [0.1, 0.15) is 24.1 Å². The molecule has 0 bridgehead atoms. The molecule has 0 unspecified atom stereocenters. The monoisotopic (exact) mass is 573 g/mol. The van der Waals surface area contributed by atoms with Crippen molar-refractivity contribution in [2.75, 3.05) is 0 Å². The first-order valence-electron chi connectivity index (χ1n) is 11.7. The fourth-order valence-corrected chi connectivity index (χ4v) is 5.03. The van der Waals surface area contributed by atoms with Crippen molar-refractivity contribution >= 4 is 39.4 Å². The van der Waals surface area contributed by atoms with Gasteiger partial charge < -0.3 is 14.7 Å². The minimum atomic E-state index is -1.07. The summed E-state index contributed by atoms with van der Waals surface area (Å²) < 4.78 is 20.8. The van der Waals surface area contributed by atoms with E-state index in [9.17, 15) is 19.1 Å². The van der Waals surface area contributed by atoms with Crippen LogP contribution >= 0.6 is 27.5 Å². The third kappa shape index (κ3) is 5.80. The Hall–Kier alpha value is -2.74. The summed E-state index contributed by atoms with van der Waals surface area (Å²) in [5.41, 5.74) is 2.25. The summed E-state index contributed by atoms with van der Waals surface area (Å²) in [4.78, 5) is 27.9. The molecule has 1 N–H and O–H groups in total. The van der Waals surface area contributed by atoms with Crippen molar-refractivity contribution in [1.82, 2.24) is 4.90 Å². The van der Waals surface area contributed by atoms with Crippen LogP contribution in [0.1, 0.15) is 48.6 Å². The predicted molar refractivity (Wildman–Crippen MR) is 139 cm³/mol. The summed E-state index contributed by atoms with van der Waals surface area (Å²) in [6.45, 7) is 1.89. The molecule has 188 valence electrons. The Morgan fingerprint density at radius 3 is 2.25 bits per heavy atom. The lowest BCUT2D eigenvalue weighted by atomic mass is 9.88. The first kappa shape index (κ1) is 26.3. The highest BCUT2D eigenvalue weighted by Crippen LogP contribution is 2.44. The van der Waals surface area contributed by atoms with Crippen molar-refractivity contribution in [3.05, 3.63) is 105 Å². The quantitative estimate of drug-likeness (QED) is 0.323. The highest BCUT2D eigenvalue weighted by molar-refractivity contribution is 9.10. The Morgan fingerprint density at radius 1 is 1.06 bits per heavy atom. The van der Waals surface area contributed by atoms with Crippen LogP contribution in [-0.2, 0) is 20.7 Å². The van der Waals surface area contributed by atoms with E-state index in [2.05, 4.69) is 15.9 Å². The van der Waals surface area contributed by atoms with E-state index in [1.165, 1.54) is 17.0 Å². The molecule has 8 heteroatoms. The van der Waals surface area contributed by atoms with Gasteiger partial charge in [-0.25, -0.2) is 9.18 Å². The van der Waals surface area contributed by atoms with Gasteiger partial charge in [0, 0.05) is 15.9 Å². The molecular formula is C28H26BrClFNO4. The molecule has 0 aromatic heterocycles. The number of hydrogen-bond acceptors (Lipinski definition) is 3. The third-order valence-electron chi connectivity index (χ3n) is 6.35. The number of carboxylic acid groups (broad SMARTS) is 1. The Morgan fingerprint density at radius 2 is 1.67 bits per heavy atom. The second-order valence-corrected chi connectivity index (χ2v) is 10.2. The van der Waals surface area contributed by atoms with Gasteiger partial charge >= 0.3 is 5.97 Å². The molecule has 36 heavy (non-hydrogen) atoms. The molecule has 4 atom stereocenters. The number of aliphatic carboxylic acids is 1. The summed E-state index contributed by atoms with van der Waals surface area (Å²) in [5, 5.41) is 10.7. The number of morpholine rings is 1. The van der Waals surface area contributed by atoms with E-state index in [-0.39, 0.29) is 12.2 Å². The zero-order valence-corrected chi connectivity index (χ0v) is 22.0. The fourth-order valence-electron chi connectivity index (χ4n) is 4.64. The molecular weight excluding hydrogens is 549 g/mol. The van der Waals surface area contributed by atoms with E-state index < -0.39 is 36.2 Å². The molecule has 4 rings (SSSR count). The van der Waals surface area contributed by atoms with E-state index in [0.717, 1.165) is 15.6 Å². The van der Waals surface area contributed by atoms with Crippen LogP contribution < -0.4 is 0 Å². The maximum Gasteiger partial charge on any atom is 0.326 e. The topological polar surface area (TPSA) is 66.8 Å². The van der Waals surface area contributed by atoms with Crippen LogP contribution in [0.5, 0.6) is 0 Å². The van der Waals surface area contributed by atoms with E-state index in [0.29, 0.717) is 23.4 Å².